The quantitative estimate of drug-likeness (QED) is 0.887. The highest BCUT2D eigenvalue weighted by molar-refractivity contribution is 5.69. The van der Waals surface area contributed by atoms with E-state index >= 15 is 0 Å². The van der Waals surface area contributed by atoms with Crippen LogP contribution in [0.5, 0.6) is 5.75 Å². The molecule has 4 rings (SSSR count). The molecule has 1 aliphatic heterocycles. The lowest BCUT2D eigenvalue weighted by molar-refractivity contribution is 0.156. The SMILES string of the molecule is CCC1CCCN1.c1cc2oc1cc2OC1CCCCC1. The minimum Gasteiger partial charge on any atom is -0.486 e. The maximum atomic E-state index is 5.91. The summed E-state index contributed by atoms with van der Waals surface area (Å²) in [7, 11) is 0. The molecule has 3 heteroatoms. The van der Waals surface area contributed by atoms with Gasteiger partial charge in [-0.15, -0.1) is 0 Å². The zero-order valence-electron chi connectivity index (χ0n) is 13.1. The molecule has 0 amide bonds. The number of hydrogen-bond donors (Lipinski definition) is 1. The first-order valence-corrected chi connectivity index (χ1v) is 8.57. The number of furan rings is 2. The summed E-state index contributed by atoms with van der Waals surface area (Å²) in [6, 6.07) is 6.79. The van der Waals surface area contributed by atoms with E-state index in [4.69, 9.17) is 9.15 Å². The highest BCUT2D eigenvalue weighted by Crippen LogP contribution is 2.32. The fourth-order valence-electron chi connectivity index (χ4n) is 3.32. The summed E-state index contributed by atoms with van der Waals surface area (Å²) in [5, 5.41) is 3.41. The molecule has 1 saturated carbocycles. The van der Waals surface area contributed by atoms with Crippen LogP contribution in [0.1, 0.15) is 58.3 Å². The zero-order chi connectivity index (χ0) is 14.5. The fourth-order valence-corrected chi connectivity index (χ4v) is 3.32. The highest BCUT2D eigenvalue weighted by Gasteiger charge is 2.17. The van der Waals surface area contributed by atoms with Gasteiger partial charge in [-0.1, -0.05) is 13.3 Å². The molecule has 0 aromatic carbocycles. The first-order chi connectivity index (χ1) is 10.3. The lowest BCUT2D eigenvalue weighted by Gasteiger charge is -2.22. The van der Waals surface area contributed by atoms with Gasteiger partial charge in [0.2, 0.25) is 0 Å². The average molecular weight is 289 g/mol. The summed E-state index contributed by atoms with van der Waals surface area (Å²) in [6.07, 6.45) is 10.9. The molecule has 1 aliphatic carbocycles. The van der Waals surface area contributed by atoms with E-state index in [1.165, 1.54) is 57.9 Å². The van der Waals surface area contributed by atoms with E-state index in [0.717, 1.165) is 23.0 Å². The summed E-state index contributed by atoms with van der Waals surface area (Å²) < 4.78 is 11.3. The highest BCUT2D eigenvalue weighted by atomic mass is 16.5. The second kappa shape index (κ2) is 7.17. The predicted octanol–water partition coefficient (Wildman–Crippen LogP) is 4.73. The van der Waals surface area contributed by atoms with Gasteiger partial charge in [0.25, 0.3) is 0 Å². The molecule has 2 bridgehead atoms. The van der Waals surface area contributed by atoms with Gasteiger partial charge in [-0.05, 0) is 63.6 Å². The summed E-state index contributed by atoms with van der Waals surface area (Å²) in [5.74, 6) is 0.939. The maximum Gasteiger partial charge on any atom is 0.169 e. The Kier molecular flexibility index (Phi) is 5.02. The van der Waals surface area contributed by atoms with Crippen LogP contribution in [0.3, 0.4) is 0 Å². The Hall–Kier alpha value is -1.22. The fraction of sp³-hybridized carbons (Fsp3) is 0.667. The Balaban J connectivity index is 0.000000160. The summed E-state index contributed by atoms with van der Waals surface area (Å²) in [4.78, 5) is 0. The maximum absolute atomic E-state index is 5.91. The van der Waals surface area contributed by atoms with Gasteiger partial charge >= 0.3 is 0 Å². The van der Waals surface area contributed by atoms with Crippen molar-refractivity contribution < 1.29 is 9.15 Å². The molecule has 1 saturated heterocycles. The molecule has 21 heavy (non-hydrogen) atoms. The first kappa shape index (κ1) is 14.7. The van der Waals surface area contributed by atoms with Gasteiger partial charge in [-0.3, -0.25) is 0 Å². The van der Waals surface area contributed by atoms with Gasteiger partial charge in [0.05, 0.1) is 6.10 Å². The Morgan fingerprint density at radius 2 is 2.00 bits per heavy atom. The van der Waals surface area contributed by atoms with Crippen molar-refractivity contribution in [2.75, 3.05) is 6.54 Å². The zero-order valence-corrected chi connectivity index (χ0v) is 13.1. The van der Waals surface area contributed by atoms with Gasteiger partial charge < -0.3 is 14.5 Å². The average Bonchev–Trinajstić information content (AvgIpc) is 3.27. The number of rotatable bonds is 3. The number of fused-ring (bicyclic) bond motifs is 2. The van der Waals surface area contributed by atoms with Crippen molar-refractivity contribution in [3.8, 4) is 5.75 Å². The van der Waals surface area contributed by atoms with E-state index in [1.54, 1.807) is 0 Å². The standard InChI is InChI=1S/C12H14O2.C6H13N/c1-2-4-9(5-3-1)13-12-8-10-6-7-11(12)14-10;1-2-6-4-3-5-7-6/h6-9H,1-5H2;6-7H,2-5H2,1H3. The molecule has 0 spiro atoms. The number of hydrogen-bond acceptors (Lipinski definition) is 3. The molecule has 1 atom stereocenters. The van der Waals surface area contributed by atoms with Crippen molar-refractivity contribution >= 4 is 11.2 Å². The molecule has 0 radical (unpaired) electrons. The molecular weight excluding hydrogens is 262 g/mol. The van der Waals surface area contributed by atoms with E-state index in [0.29, 0.717) is 6.10 Å². The third-order valence-corrected chi connectivity index (χ3v) is 4.64. The van der Waals surface area contributed by atoms with Crippen LogP contribution >= 0.6 is 0 Å². The largest absolute Gasteiger partial charge is 0.486 e. The molecule has 2 aromatic heterocycles. The van der Waals surface area contributed by atoms with Crippen LogP contribution in [0, 0.1) is 0 Å². The van der Waals surface area contributed by atoms with Crippen LogP contribution in [0.25, 0.3) is 11.2 Å². The van der Waals surface area contributed by atoms with Gasteiger partial charge in [0.1, 0.15) is 5.58 Å². The van der Waals surface area contributed by atoms with Crippen molar-refractivity contribution in [2.45, 2.75) is 70.4 Å². The molecule has 1 N–H and O–H groups in total. The Morgan fingerprint density at radius 1 is 1.14 bits per heavy atom. The minimum absolute atomic E-state index is 0.416. The Morgan fingerprint density at radius 3 is 2.52 bits per heavy atom. The second-order valence-electron chi connectivity index (χ2n) is 6.29. The third-order valence-electron chi connectivity index (χ3n) is 4.64. The summed E-state index contributed by atoms with van der Waals surface area (Å²) >= 11 is 0. The summed E-state index contributed by atoms with van der Waals surface area (Å²) in [6.45, 7) is 3.49. The van der Waals surface area contributed by atoms with E-state index in [1.807, 2.05) is 18.2 Å². The molecular formula is C18H27NO2. The van der Waals surface area contributed by atoms with Gasteiger partial charge in [0, 0.05) is 12.1 Å². The van der Waals surface area contributed by atoms with Crippen LogP contribution in [0.4, 0.5) is 0 Å². The lowest BCUT2D eigenvalue weighted by Crippen LogP contribution is -2.19. The van der Waals surface area contributed by atoms with Gasteiger partial charge in [-0.25, -0.2) is 0 Å². The van der Waals surface area contributed by atoms with Crippen LogP contribution in [0.15, 0.2) is 22.6 Å². The van der Waals surface area contributed by atoms with Crippen molar-refractivity contribution in [1.29, 1.82) is 0 Å². The van der Waals surface area contributed by atoms with E-state index in [9.17, 15) is 0 Å². The van der Waals surface area contributed by atoms with E-state index < -0.39 is 0 Å². The van der Waals surface area contributed by atoms with E-state index in [-0.39, 0.29) is 0 Å². The van der Waals surface area contributed by atoms with Crippen LogP contribution in [-0.4, -0.2) is 18.7 Å². The third kappa shape index (κ3) is 3.91. The molecule has 2 aromatic rings. The second-order valence-corrected chi connectivity index (χ2v) is 6.29. The monoisotopic (exact) mass is 289 g/mol. The Bertz CT molecular complexity index is 509. The minimum atomic E-state index is 0.416. The van der Waals surface area contributed by atoms with Crippen LogP contribution in [-0.2, 0) is 0 Å². The number of nitrogens with one attached hydrogen (secondary N) is 1. The number of benzene rings is 1. The lowest BCUT2D eigenvalue weighted by atomic mass is 9.98. The van der Waals surface area contributed by atoms with Crippen LogP contribution < -0.4 is 10.1 Å². The molecule has 3 heterocycles. The molecule has 2 fully saturated rings. The molecule has 3 nitrogen and oxygen atoms in total. The Labute approximate surface area is 127 Å². The summed E-state index contributed by atoms with van der Waals surface area (Å²) in [5.41, 5.74) is 1.82. The smallest absolute Gasteiger partial charge is 0.169 e. The van der Waals surface area contributed by atoms with Crippen molar-refractivity contribution in [3.05, 3.63) is 18.2 Å². The normalized spacial score (nSPS) is 23.2. The number of ether oxygens (including phenoxy) is 1. The van der Waals surface area contributed by atoms with Crippen molar-refractivity contribution in [2.24, 2.45) is 0 Å². The van der Waals surface area contributed by atoms with Crippen LogP contribution in [0.2, 0.25) is 0 Å². The van der Waals surface area contributed by atoms with Gasteiger partial charge in [-0.2, -0.15) is 0 Å². The van der Waals surface area contributed by atoms with Gasteiger partial charge in [0.15, 0.2) is 11.3 Å². The molecule has 2 aliphatic rings. The van der Waals surface area contributed by atoms with E-state index in [2.05, 4.69) is 12.2 Å². The van der Waals surface area contributed by atoms with Crippen molar-refractivity contribution in [1.82, 2.24) is 5.32 Å². The first-order valence-electron chi connectivity index (χ1n) is 8.57. The predicted molar refractivity (Wildman–Crippen MR) is 86.2 cm³/mol. The molecule has 116 valence electrons. The molecule has 1 unspecified atom stereocenters. The topological polar surface area (TPSA) is 34.4 Å². The van der Waals surface area contributed by atoms with Crippen molar-refractivity contribution in [3.63, 3.8) is 0 Å².